The molecule has 5 heteroatoms. The molecule has 0 spiro atoms. The lowest BCUT2D eigenvalue weighted by Crippen LogP contribution is -2.22. The fourth-order valence-electron chi connectivity index (χ4n) is 3.74. The van der Waals surface area contributed by atoms with Crippen LogP contribution in [0.15, 0.2) is 54.6 Å². The number of hydrogen-bond acceptors (Lipinski definition) is 4. The first-order valence-electron chi connectivity index (χ1n) is 10.3. The van der Waals surface area contributed by atoms with Crippen molar-refractivity contribution in [1.29, 1.82) is 0 Å². The fraction of sp³-hybridized carbons (Fsp3) is 0.375. The third kappa shape index (κ3) is 6.28. The number of rotatable bonds is 8. The van der Waals surface area contributed by atoms with Gasteiger partial charge >= 0.3 is 5.97 Å². The van der Waals surface area contributed by atoms with Crippen LogP contribution in [0, 0.1) is 5.92 Å². The van der Waals surface area contributed by atoms with Crippen molar-refractivity contribution >= 4 is 23.3 Å². The molecule has 3 rings (SSSR count). The van der Waals surface area contributed by atoms with Gasteiger partial charge in [0.15, 0.2) is 12.4 Å². The van der Waals surface area contributed by atoms with Crippen LogP contribution in [0.3, 0.4) is 0 Å². The summed E-state index contributed by atoms with van der Waals surface area (Å²) in [5.41, 5.74) is 1.35. The summed E-state index contributed by atoms with van der Waals surface area (Å²) in [5.74, 6) is -0.379. The molecule has 1 fully saturated rings. The molecular formula is C24H27NO4. The number of carbonyl (C=O) groups is 3. The maximum Gasteiger partial charge on any atom is 0.306 e. The molecule has 1 aliphatic rings. The van der Waals surface area contributed by atoms with Crippen molar-refractivity contribution in [3.8, 4) is 0 Å². The molecular weight excluding hydrogens is 366 g/mol. The number of anilines is 1. The fourth-order valence-corrected chi connectivity index (χ4v) is 3.74. The topological polar surface area (TPSA) is 72.5 Å². The lowest BCUT2D eigenvalue weighted by atomic mass is 9.86. The third-order valence-corrected chi connectivity index (χ3v) is 5.33. The van der Waals surface area contributed by atoms with Crippen molar-refractivity contribution in [3.05, 3.63) is 65.7 Å². The van der Waals surface area contributed by atoms with E-state index < -0.39 is 5.91 Å². The summed E-state index contributed by atoms with van der Waals surface area (Å²) in [5, 5.41) is 2.69. The van der Waals surface area contributed by atoms with Crippen LogP contribution in [0.1, 0.15) is 60.9 Å². The minimum atomic E-state index is -0.454. The maximum atomic E-state index is 12.7. The highest BCUT2D eigenvalue weighted by Gasteiger charge is 2.17. The standard InChI is InChI=1S/C24H27NO4/c26-22(17-29-23(27)16-15-18-9-3-1-4-10-18)25-21-14-8-7-13-20(21)24(28)19-11-5-2-6-12-19/h2,5-8,11-14,18H,1,3-4,9-10,15-17H2,(H,25,26). The number of ketones is 1. The molecule has 5 nitrogen and oxygen atoms in total. The number of esters is 1. The Morgan fingerprint density at radius 2 is 1.59 bits per heavy atom. The van der Waals surface area contributed by atoms with E-state index in [1.54, 1.807) is 48.5 Å². The van der Waals surface area contributed by atoms with Gasteiger partial charge in [-0.2, -0.15) is 0 Å². The second-order valence-corrected chi connectivity index (χ2v) is 7.49. The lowest BCUT2D eigenvalue weighted by molar-refractivity contribution is -0.147. The second-order valence-electron chi connectivity index (χ2n) is 7.49. The number of para-hydroxylation sites is 1. The summed E-state index contributed by atoms with van der Waals surface area (Å²) in [6, 6.07) is 15.7. The van der Waals surface area contributed by atoms with Crippen LogP contribution in [-0.4, -0.2) is 24.3 Å². The summed E-state index contributed by atoms with van der Waals surface area (Å²) in [6.07, 6.45) is 7.30. The number of hydrogen-bond donors (Lipinski definition) is 1. The Labute approximate surface area is 171 Å². The molecule has 0 heterocycles. The average Bonchev–Trinajstić information content (AvgIpc) is 2.77. The van der Waals surface area contributed by atoms with Crippen LogP contribution in [0.2, 0.25) is 0 Å². The molecule has 0 unspecified atom stereocenters. The van der Waals surface area contributed by atoms with Crippen molar-refractivity contribution in [3.63, 3.8) is 0 Å². The quantitative estimate of drug-likeness (QED) is 0.518. The van der Waals surface area contributed by atoms with Crippen LogP contribution in [0.5, 0.6) is 0 Å². The first kappa shape index (κ1) is 20.8. The summed E-state index contributed by atoms with van der Waals surface area (Å²) < 4.78 is 5.12. The van der Waals surface area contributed by atoms with Gasteiger partial charge in [0.2, 0.25) is 0 Å². The molecule has 29 heavy (non-hydrogen) atoms. The van der Waals surface area contributed by atoms with E-state index in [9.17, 15) is 14.4 Å². The van der Waals surface area contributed by atoms with E-state index in [1.807, 2.05) is 6.07 Å². The van der Waals surface area contributed by atoms with E-state index in [0.29, 0.717) is 29.2 Å². The lowest BCUT2D eigenvalue weighted by Gasteiger charge is -2.20. The molecule has 1 saturated carbocycles. The number of carbonyl (C=O) groups excluding carboxylic acids is 3. The summed E-state index contributed by atoms with van der Waals surface area (Å²) >= 11 is 0. The number of amides is 1. The van der Waals surface area contributed by atoms with Gasteiger partial charge in [-0.15, -0.1) is 0 Å². The van der Waals surface area contributed by atoms with Gasteiger partial charge in [-0.1, -0.05) is 74.6 Å². The van der Waals surface area contributed by atoms with Crippen LogP contribution < -0.4 is 5.32 Å². The highest BCUT2D eigenvalue weighted by molar-refractivity contribution is 6.13. The third-order valence-electron chi connectivity index (χ3n) is 5.33. The normalized spacial score (nSPS) is 14.2. The van der Waals surface area contributed by atoms with Crippen LogP contribution >= 0.6 is 0 Å². The molecule has 2 aromatic carbocycles. The van der Waals surface area contributed by atoms with Gasteiger partial charge in [-0.25, -0.2) is 0 Å². The van der Waals surface area contributed by atoms with Crippen LogP contribution in [0.4, 0.5) is 5.69 Å². The van der Waals surface area contributed by atoms with Gasteiger partial charge in [0, 0.05) is 17.5 Å². The smallest absolute Gasteiger partial charge is 0.306 e. The number of benzene rings is 2. The van der Waals surface area contributed by atoms with E-state index in [0.717, 1.165) is 6.42 Å². The van der Waals surface area contributed by atoms with Crippen LogP contribution in [0.25, 0.3) is 0 Å². The number of ether oxygens (including phenoxy) is 1. The predicted octanol–water partition coefficient (Wildman–Crippen LogP) is 4.76. The molecule has 0 aromatic heterocycles. The first-order valence-corrected chi connectivity index (χ1v) is 10.3. The Hall–Kier alpha value is -2.95. The zero-order valence-electron chi connectivity index (χ0n) is 16.6. The van der Waals surface area contributed by atoms with Crippen molar-refractivity contribution in [1.82, 2.24) is 0 Å². The molecule has 0 radical (unpaired) electrons. The molecule has 0 saturated heterocycles. The second kappa shape index (κ2) is 10.6. The zero-order chi connectivity index (χ0) is 20.5. The predicted molar refractivity (Wildman–Crippen MR) is 112 cm³/mol. The molecule has 152 valence electrons. The largest absolute Gasteiger partial charge is 0.456 e. The van der Waals surface area contributed by atoms with Gasteiger partial charge in [0.1, 0.15) is 0 Å². The minimum Gasteiger partial charge on any atom is -0.456 e. The molecule has 0 aliphatic heterocycles. The zero-order valence-corrected chi connectivity index (χ0v) is 16.6. The first-order chi connectivity index (χ1) is 14.1. The summed E-state index contributed by atoms with van der Waals surface area (Å²) in [4.78, 5) is 36.9. The molecule has 0 atom stereocenters. The Kier molecular flexibility index (Phi) is 7.56. The van der Waals surface area contributed by atoms with Gasteiger partial charge in [-0.05, 0) is 24.5 Å². The minimum absolute atomic E-state index is 0.175. The molecule has 1 N–H and O–H groups in total. The molecule has 1 amide bonds. The van der Waals surface area contributed by atoms with E-state index in [2.05, 4.69) is 5.32 Å². The SMILES string of the molecule is O=C(COC(=O)CCC1CCCCC1)Nc1ccccc1C(=O)c1ccccc1. The maximum absolute atomic E-state index is 12.7. The Morgan fingerprint density at radius 1 is 0.897 bits per heavy atom. The number of nitrogens with one attached hydrogen (secondary N) is 1. The van der Waals surface area contributed by atoms with Crippen molar-refractivity contribution < 1.29 is 19.1 Å². The van der Waals surface area contributed by atoms with E-state index in [4.69, 9.17) is 4.74 Å². The Bertz CT molecular complexity index is 841. The molecule has 0 bridgehead atoms. The van der Waals surface area contributed by atoms with E-state index in [1.165, 1.54) is 32.1 Å². The van der Waals surface area contributed by atoms with Gasteiger partial charge in [-0.3, -0.25) is 14.4 Å². The van der Waals surface area contributed by atoms with Crippen molar-refractivity contribution in [2.24, 2.45) is 5.92 Å². The summed E-state index contributed by atoms with van der Waals surface area (Å²) in [7, 11) is 0. The van der Waals surface area contributed by atoms with Gasteiger partial charge in [0.05, 0.1) is 5.69 Å². The van der Waals surface area contributed by atoms with Crippen LogP contribution in [-0.2, 0) is 14.3 Å². The van der Waals surface area contributed by atoms with Crippen molar-refractivity contribution in [2.45, 2.75) is 44.9 Å². The highest BCUT2D eigenvalue weighted by Crippen LogP contribution is 2.27. The summed E-state index contributed by atoms with van der Waals surface area (Å²) in [6.45, 7) is -0.350. The van der Waals surface area contributed by atoms with Gasteiger partial charge in [0.25, 0.3) is 5.91 Å². The monoisotopic (exact) mass is 393 g/mol. The Balaban J connectivity index is 1.50. The van der Waals surface area contributed by atoms with E-state index >= 15 is 0 Å². The van der Waals surface area contributed by atoms with Crippen molar-refractivity contribution in [2.75, 3.05) is 11.9 Å². The van der Waals surface area contributed by atoms with Gasteiger partial charge < -0.3 is 10.1 Å². The average molecular weight is 393 g/mol. The molecule has 2 aromatic rings. The molecule has 1 aliphatic carbocycles. The highest BCUT2D eigenvalue weighted by atomic mass is 16.5. The Morgan fingerprint density at radius 3 is 2.34 bits per heavy atom. The van der Waals surface area contributed by atoms with E-state index in [-0.39, 0.29) is 18.4 Å².